The number of amides is 1. The van der Waals surface area contributed by atoms with Crippen LogP contribution in [0.4, 0.5) is 0 Å². The summed E-state index contributed by atoms with van der Waals surface area (Å²) in [5.41, 5.74) is 1.07. The Balaban J connectivity index is 1.78. The topological polar surface area (TPSA) is 41.4 Å². The Morgan fingerprint density at radius 1 is 1.22 bits per heavy atom. The lowest BCUT2D eigenvalue weighted by Gasteiger charge is -2.44. The van der Waals surface area contributed by atoms with Crippen molar-refractivity contribution < 1.29 is 4.79 Å². The second-order valence-corrected chi connectivity index (χ2v) is 5.92. The molecule has 3 rings (SSSR count). The summed E-state index contributed by atoms with van der Waals surface area (Å²) in [6.45, 7) is 7.27. The number of carbonyl (C=O) groups excluding carboxylic acids is 1. The number of likely N-dealkylation sites (N-methyl/N-ethyl adjacent to an activating group) is 1. The molecule has 1 aliphatic heterocycles. The van der Waals surface area contributed by atoms with Crippen LogP contribution in [0.25, 0.3) is 0 Å². The smallest absolute Gasteiger partial charge is 0.244 e. The average Bonchev–Trinajstić information content (AvgIpc) is 3.06. The molecule has 1 saturated heterocycles. The normalized spacial score (nSPS) is 16.8. The summed E-state index contributed by atoms with van der Waals surface area (Å²) >= 11 is 0. The van der Waals surface area contributed by atoms with Crippen molar-refractivity contribution in [3.63, 3.8) is 0 Å². The fraction of sp³-hybridized carbons (Fsp3) is 0.444. The van der Waals surface area contributed by atoms with Gasteiger partial charge in [0.05, 0.1) is 6.04 Å². The minimum atomic E-state index is -0.192. The van der Waals surface area contributed by atoms with E-state index < -0.39 is 0 Å². The Hall–Kier alpha value is -2.14. The van der Waals surface area contributed by atoms with Crippen LogP contribution in [0.15, 0.2) is 48.8 Å². The molecule has 1 amide bonds. The summed E-state index contributed by atoms with van der Waals surface area (Å²) < 4.78 is 1.99. The number of hydrogen-bond acceptors (Lipinski definition) is 3. The molecule has 122 valence electrons. The lowest BCUT2D eigenvalue weighted by molar-refractivity contribution is -0.139. The highest BCUT2D eigenvalue weighted by atomic mass is 16.2. The van der Waals surface area contributed by atoms with Gasteiger partial charge in [-0.2, -0.15) is 5.10 Å². The SMILES string of the molecule is CCN(CC)C(=O)[C@@H](c1ccccc1)N1CC(n2cccn2)C1. The molecule has 0 N–H and O–H groups in total. The van der Waals surface area contributed by atoms with Gasteiger partial charge in [-0.25, -0.2) is 0 Å². The number of carbonyl (C=O) groups is 1. The minimum Gasteiger partial charge on any atom is -0.342 e. The maximum atomic E-state index is 13.0. The third-order valence-corrected chi connectivity index (χ3v) is 4.58. The third-order valence-electron chi connectivity index (χ3n) is 4.58. The molecule has 0 radical (unpaired) electrons. The van der Waals surface area contributed by atoms with E-state index >= 15 is 0 Å². The summed E-state index contributed by atoms with van der Waals surface area (Å²) in [4.78, 5) is 17.2. The summed E-state index contributed by atoms with van der Waals surface area (Å²) in [5, 5.41) is 4.31. The van der Waals surface area contributed by atoms with Gasteiger partial charge in [0.15, 0.2) is 0 Å². The zero-order valence-corrected chi connectivity index (χ0v) is 13.8. The second kappa shape index (κ2) is 6.96. The van der Waals surface area contributed by atoms with E-state index in [1.807, 2.05) is 66.0 Å². The highest BCUT2D eigenvalue weighted by Crippen LogP contribution is 2.32. The van der Waals surface area contributed by atoms with Gasteiger partial charge >= 0.3 is 0 Å². The highest BCUT2D eigenvalue weighted by molar-refractivity contribution is 5.83. The Morgan fingerprint density at radius 3 is 2.48 bits per heavy atom. The molecule has 0 spiro atoms. The fourth-order valence-corrected chi connectivity index (χ4v) is 3.22. The van der Waals surface area contributed by atoms with Crippen molar-refractivity contribution in [2.45, 2.75) is 25.9 Å². The van der Waals surface area contributed by atoms with Crippen LogP contribution in [-0.4, -0.2) is 51.7 Å². The quantitative estimate of drug-likeness (QED) is 0.822. The number of nitrogens with zero attached hydrogens (tertiary/aromatic N) is 4. The first-order chi connectivity index (χ1) is 11.2. The predicted molar refractivity (Wildman–Crippen MR) is 89.9 cm³/mol. The molecule has 5 heteroatoms. The maximum Gasteiger partial charge on any atom is 0.244 e. The molecule has 2 aromatic rings. The Kier molecular flexibility index (Phi) is 4.76. The summed E-state index contributed by atoms with van der Waals surface area (Å²) in [5.74, 6) is 0.195. The van der Waals surface area contributed by atoms with Gasteiger partial charge in [0, 0.05) is 38.6 Å². The monoisotopic (exact) mass is 312 g/mol. The van der Waals surface area contributed by atoms with Crippen molar-refractivity contribution in [3.8, 4) is 0 Å². The van der Waals surface area contributed by atoms with E-state index in [4.69, 9.17) is 0 Å². The molecule has 2 heterocycles. The Bertz CT molecular complexity index is 616. The first kappa shape index (κ1) is 15.7. The molecule has 23 heavy (non-hydrogen) atoms. The van der Waals surface area contributed by atoms with Gasteiger partial charge in [-0.1, -0.05) is 30.3 Å². The maximum absolute atomic E-state index is 13.0. The van der Waals surface area contributed by atoms with E-state index in [0.717, 1.165) is 31.7 Å². The molecule has 0 saturated carbocycles. The molecule has 1 aromatic heterocycles. The third kappa shape index (κ3) is 3.15. The van der Waals surface area contributed by atoms with Gasteiger partial charge in [0.2, 0.25) is 5.91 Å². The second-order valence-electron chi connectivity index (χ2n) is 5.92. The van der Waals surface area contributed by atoms with Crippen LogP contribution in [0.3, 0.4) is 0 Å². The van der Waals surface area contributed by atoms with E-state index in [0.29, 0.717) is 6.04 Å². The molecule has 0 unspecified atom stereocenters. The van der Waals surface area contributed by atoms with Gasteiger partial charge in [-0.15, -0.1) is 0 Å². The van der Waals surface area contributed by atoms with Gasteiger partial charge in [-0.3, -0.25) is 14.4 Å². The molecular formula is C18H24N4O. The van der Waals surface area contributed by atoms with Crippen molar-refractivity contribution in [2.75, 3.05) is 26.2 Å². The number of aromatic nitrogens is 2. The molecular weight excluding hydrogens is 288 g/mol. The van der Waals surface area contributed by atoms with Gasteiger partial charge in [0.1, 0.15) is 6.04 Å². The minimum absolute atomic E-state index is 0.192. The lowest BCUT2D eigenvalue weighted by atomic mass is 9.98. The largest absolute Gasteiger partial charge is 0.342 e. The van der Waals surface area contributed by atoms with Crippen molar-refractivity contribution in [3.05, 3.63) is 54.4 Å². The highest BCUT2D eigenvalue weighted by Gasteiger charge is 2.39. The van der Waals surface area contributed by atoms with E-state index in [2.05, 4.69) is 10.00 Å². The van der Waals surface area contributed by atoms with E-state index in [1.54, 1.807) is 6.20 Å². The number of hydrogen-bond donors (Lipinski definition) is 0. The van der Waals surface area contributed by atoms with Crippen molar-refractivity contribution in [1.82, 2.24) is 19.6 Å². The summed E-state index contributed by atoms with van der Waals surface area (Å²) in [6.07, 6.45) is 3.80. The molecule has 1 aliphatic rings. The van der Waals surface area contributed by atoms with Crippen LogP contribution in [-0.2, 0) is 4.79 Å². The summed E-state index contributed by atoms with van der Waals surface area (Å²) in [6, 6.07) is 12.2. The van der Waals surface area contributed by atoms with E-state index in [-0.39, 0.29) is 11.9 Å². The first-order valence-corrected chi connectivity index (χ1v) is 8.31. The van der Waals surface area contributed by atoms with Gasteiger partial charge in [-0.05, 0) is 25.5 Å². The zero-order valence-electron chi connectivity index (χ0n) is 13.8. The van der Waals surface area contributed by atoms with E-state index in [9.17, 15) is 4.79 Å². The molecule has 5 nitrogen and oxygen atoms in total. The van der Waals surface area contributed by atoms with Gasteiger partial charge < -0.3 is 4.90 Å². The average molecular weight is 312 g/mol. The van der Waals surface area contributed by atoms with Crippen LogP contribution in [0.5, 0.6) is 0 Å². The van der Waals surface area contributed by atoms with Crippen LogP contribution < -0.4 is 0 Å². The van der Waals surface area contributed by atoms with Crippen LogP contribution in [0, 0.1) is 0 Å². The van der Waals surface area contributed by atoms with Gasteiger partial charge in [0.25, 0.3) is 0 Å². The Labute approximate surface area is 137 Å². The van der Waals surface area contributed by atoms with Crippen LogP contribution in [0.1, 0.15) is 31.5 Å². The Morgan fingerprint density at radius 2 is 1.91 bits per heavy atom. The van der Waals surface area contributed by atoms with Crippen LogP contribution in [0.2, 0.25) is 0 Å². The molecule has 0 aliphatic carbocycles. The summed E-state index contributed by atoms with van der Waals surface area (Å²) in [7, 11) is 0. The molecule has 1 aromatic carbocycles. The van der Waals surface area contributed by atoms with Crippen molar-refractivity contribution in [1.29, 1.82) is 0 Å². The zero-order chi connectivity index (χ0) is 16.2. The molecule has 0 bridgehead atoms. The van der Waals surface area contributed by atoms with Crippen LogP contribution >= 0.6 is 0 Å². The first-order valence-electron chi connectivity index (χ1n) is 8.31. The fourth-order valence-electron chi connectivity index (χ4n) is 3.22. The lowest BCUT2D eigenvalue weighted by Crippen LogP contribution is -2.53. The number of rotatable bonds is 6. The van der Waals surface area contributed by atoms with Crippen molar-refractivity contribution >= 4 is 5.91 Å². The predicted octanol–water partition coefficient (Wildman–Crippen LogP) is 2.35. The number of benzene rings is 1. The molecule has 1 fully saturated rings. The standard InChI is InChI=1S/C18H24N4O/c1-3-20(4-2)18(23)17(15-9-6-5-7-10-15)21-13-16(14-21)22-12-8-11-19-22/h5-12,16-17H,3-4,13-14H2,1-2H3/t17-/m1/s1. The molecule has 1 atom stereocenters. The van der Waals surface area contributed by atoms with Crippen molar-refractivity contribution in [2.24, 2.45) is 0 Å². The number of likely N-dealkylation sites (tertiary alicyclic amines) is 1. The van der Waals surface area contributed by atoms with E-state index in [1.165, 1.54) is 0 Å².